The number of unbranched alkanes of at least 4 members (excludes halogenated alkanes) is 3. The zero-order valence-corrected chi connectivity index (χ0v) is 15.6. The predicted octanol–water partition coefficient (Wildman–Crippen LogP) is 3.55. The van der Waals surface area contributed by atoms with Crippen molar-refractivity contribution < 1.29 is 19.4 Å². The van der Waals surface area contributed by atoms with E-state index in [2.05, 4.69) is 17.1 Å². The van der Waals surface area contributed by atoms with Gasteiger partial charge < -0.3 is 15.2 Å². The molecule has 0 atom stereocenters. The molecule has 1 aliphatic rings. The Kier molecular flexibility index (Phi) is 8.41. The summed E-state index contributed by atoms with van der Waals surface area (Å²) in [7, 11) is 0. The van der Waals surface area contributed by atoms with Crippen molar-refractivity contribution in [1.29, 1.82) is 0 Å². The van der Waals surface area contributed by atoms with Gasteiger partial charge in [0.25, 0.3) is 0 Å². The molecule has 1 saturated heterocycles. The second kappa shape index (κ2) is 10.8. The van der Waals surface area contributed by atoms with Gasteiger partial charge in [-0.1, -0.05) is 32.6 Å². The van der Waals surface area contributed by atoms with Gasteiger partial charge in [0.15, 0.2) is 0 Å². The number of amides is 1. The van der Waals surface area contributed by atoms with E-state index in [0.29, 0.717) is 18.8 Å². The summed E-state index contributed by atoms with van der Waals surface area (Å²) in [6.45, 7) is 4.72. The molecule has 0 bridgehead atoms. The number of phenols is 1. The summed E-state index contributed by atoms with van der Waals surface area (Å²) >= 11 is 0. The molecule has 1 heterocycles. The number of phenolic OH excluding ortho intramolecular Hbond substituents is 1. The van der Waals surface area contributed by atoms with Crippen LogP contribution in [0.3, 0.4) is 0 Å². The third-order valence-electron chi connectivity index (χ3n) is 4.55. The Bertz CT molecular complexity index is 597. The summed E-state index contributed by atoms with van der Waals surface area (Å²) in [4.78, 5) is 26.3. The Morgan fingerprint density at radius 2 is 1.92 bits per heavy atom. The SMILES string of the molecule is CCCCCCOC(=O)c1ccc(NC(=O)CN2CCCCC2)cc1O. The molecule has 0 saturated carbocycles. The lowest BCUT2D eigenvalue weighted by molar-refractivity contribution is -0.117. The van der Waals surface area contributed by atoms with E-state index in [1.807, 2.05) is 0 Å². The molecule has 0 spiro atoms. The first-order chi connectivity index (χ1) is 12.6. The number of hydrogen-bond acceptors (Lipinski definition) is 5. The molecule has 0 aromatic heterocycles. The van der Waals surface area contributed by atoms with Crippen LogP contribution in [0, 0.1) is 0 Å². The minimum Gasteiger partial charge on any atom is -0.507 e. The zero-order valence-electron chi connectivity index (χ0n) is 15.6. The zero-order chi connectivity index (χ0) is 18.8. The molecular formula is C20H30N2O4. The van der Waals surface area contributed by atoms with E-state index >= 15 is 0 Å². The Hall–Kier alpha value is -2.08. The van der Waals surface area contributed by atoms with E-state index in [1.54, 1.807) is 6.07 Å². The first-order valence-corrected chi connectivity index (χ1v) is 9.62. The van der Waals surface area contributed by atoms with Crippen LogP contribution in [0.15, 0.2) is 18.2 Å². The van der Waals surface area contributed by atoms with Crippen molar-refractivity contribution in [3.05, 3.63) is 23.8 Å². The molecule has 144 valence electrons. The van der Waals surface area contributed by atoms with Gasteiger partial charge in [-0.3, -0.25) is 9.69 Å². The molecule has 0 radical (unpaired) electrons. The molecule has 6 nitrogen and oxygen atoms in total. The van der Waals surface area contributed by atoms with E-state index in [0.717, 1.165) is 51.6 Å². The van der Waals surface area contributed by atoms with Crippen LogP contribution in [0.4, 0.5) is 5.69 Å². The summed E-state index contributed by atoms with van der Waals surface area (Å²) < 4.78 is 5.18. The molecule has 2 rings (SSSR count). The van der Waals surface area contributed by atoms with E-state index in [4.69, 9.17) is 4.74 Å². The smallest absolute Gasteiger partial charge is 0.341 e. The summed E-state index contributed by atoms with van der Waals surface area (Å²) in [6.07, 6.45) is 7.58. The standard InChI is InChI=1S/C20H30N2O4/c1-2-3-4-8-13-26-20(25)17-10-9-16(14-18(17)23)21-19(24)15-22-11-6-5-7-12-22/h9-10,14,23H,2-8,11-13,15H2,1H3,(H,21,24). The number of esters is 1. The molecule has 26 heavy (non-hydrogen) atoms. The molecule has 6 heteroatoms. The molecule has 1 amide bonds. The predicted molar refractivity (Wildman–Crippen MR) is 101 cm³/mol. The van der Waals surface area contributed by atoms with Crippen molar-refractivity contribution in [2.24, 2.45) is 0 Å². The summed E-state index contributed by atoms with van der Waals surface area (Å²) in [6, 6.07) is 4.49. The Labute approximate surface area is 155 Å². The van der Waals surface area contributed by atoms with Crippen LogP contribution in [0.1, 0.15) is 62.2 Å². The number of nitrogens with zero attached hydrogens (tertiary/aromatic N) is 1. The number of carbonyl (C=O) groups excluding carboxylic acids is 2. The maximum atomic E-state index is 12.1. The molecular weight excluding hydrogens is 332 g/mol. The third-order valence-corrected chi connectivity index (χ3v) is 4.55. The normalized spacial score (nSPS) is 14.8. The minimum atomic E-state index is -0.537. The average Bonchev–Trinajstić information content (AvgIpc) is 2.62. The monoisotopic (exact) mass is 362 g/mol. The van der Waals surface area contributed by atoms with Crippen LogP contribution in [-0.4, -0.2) is 48.1 Å². The summed E-state index contributed by atoms with van der Waals surface area (Å²) in [5.41, 5.74) is 0.596. The fraction of sp³-hybridized carbons (Fsp3) is 0.600. The number of nitrogens with one attached hydrogen (secondary N) is 1. The second-order valence-electron chi connectivity index (χ2n) is 6.81. The van der Waals surface area contributed by atoms with Gasteiger partial charge in [0.2, 0.25) is 5.91 Å². The van der Waals surface area contributed by atoms with Crippen LogP contribution >= 0.6 is 0 Å². The summed E-state index contributed by atoms with van der Waals surface area (Å²) in [5, 5.41) is 12.8. The molecule has 1 aromatic carbocycles. The highest BCUT2D eigenvalue weighted by Gasteiger charge is 2.16. The number of aromatic hydroxyl groups is 1. The van der Waals surface area contributed by atoms with Crippen molar-refractivity contribution in [3.63, 3.8) is 0 Å². The lowest BCUT2D eigenvalue weighted by Crippen LogP contribution is -2.36. The summed E-state index contributed by atoms with van der Waals surface area (Å²) in [5.74, 6) is -0.831. The molecule has 1 aliphatic heterocycles. The number of piperidine rings is 1. The number of benzene rings is 1. The number of carbonyl (C=O) groups is 2. The molecule has 1 aromatic rings. The van der Waals surface area contributed by atoms with E-state index in [1.165, 1.54) is 18.6 Å². The fourth-order valence-electron chi connectivity index (χ4n) is 3.07. The minimum absolute atomic E-state index is 0.113. The maximum Gasteiger partial charge on any atom is 0.341 e. The van der Waals surface area contributed by atoms with Crippen LogP contribution < -0.4 is 5.32 Å². The van der Waals surface area contributed by atoms with Crippen LogP contribution in [0.2, 0.25) is 0 Å². The Morgan fingerprint density at radius 1 is 1.15 bits per heavy atom. The highest BCUT2D eigenvalue weighted by Crippen LogP contribution is 2.23. The van der Waals surface area contributed by atoms with Gasteiger partial charge in [-0.25, -0.2) is 4.79 Å². The quantitative estimate of drug-likeness (QED) is 0.519. The Balaban J connectivity index is 1.81. The number of anilines is 1. The number of likely N-dealkylation sites (tertiary alicyclic amines) is 1. The van der Waals surface area contributed by atoms with Crippen molar-refractivity contribution in [2.75, 3.05) is 31.6 Å². The van der Waals surface area contributed by atoms with Gasteiger partial charge in [-0.05, 0) is 44.5 Å². The number of hydrogen-bond donors (Lipinski definition) is 2. The molecule has 2 N–H and O–H groups in total. The Morgan fingerprint density at radius 3 is 2.62 bits per heavy atom. The van der Waals surface area contributed by atoms with E-state index in [-0.39, 0.29) is 17.2 Å². The lowest BCUT2D eigenvalue weighted by Gasteiger charge is -2.25. The first-order valence-electron chi connectivity index (χ1n) is 9.62. The van der Waals surface area contributed by atoms with E-state index in [9.17, 15) is 14.7 Å². The van der Waals surface area contributed by atoms with Crippen molar-refractivity contribution in [2.45, 2.75) is 51.9 Å². The highest BCUT2D eigenvalue weighted by atomic mass is 16.5. The third kappa shape index (κ3) is 6.67. The molecule has 1 fully saturated rings. The molecule has 0 unspecified atom stereocenters. The van der Waals surface area contributed by atoms with Gasteiger partial charge in [0.1, 0.15) is 11.3 Å². The van der Waals surface area contributed by atoms with Crippen molar-refractivity contribution >= 4 is 17.6 Å². The van der Waals surface area contributed by atoms with Gasteiger partial charge in [-0.15, -0.1) is 0 Å². The average molecular weight is 362 g/mol. The van der Waals surface area contributed by atoms with Crippen molar-refractivity contribution in [1.82, 2.24) is 4.90 Å². The van der Waals surface area contributed by atoms with Gasteiger partial charge in [0, 0.05) is 11.8 Å². The maximum absolute atomic E-state index is 12.1. The van der Waals surface area contributed by atoms with Gasteiger partial charge in [-0.2, -0.15) is 0 Å². The van der Waals surface area contributed by atoms with Crippen LogP contribution in [-0.2, 0) is 9.53 Å². The highest BCUT2D eigenvalue weighted by molar-refractivity contribution is 5.95. The van der Waals surface area contributed by atoms with Crippen LogP contribution in [0.5, 0.6) is 5.75 Å². The van der Waals surface area contributed by atoms with Crippen LogP contribution in [0.25, 0.3) is 0 Å². The largest absolute Gasteiger partial charge is 0.507 e. The van der Waals surface area contributed by atoms with Gasteiger partial charge in [0.05, 0.1) is 13.2 Å². The van der Waals surface area contributed by atoms with E-state index < -0.39 is 5.97 Å². The fourth-order valence-corrected chi connectivity index (χ4v) is 3.07. The molecule has 0 aliphatic carbocycles. The topological polar surface area (TPSA) is 78.9 Å². The van der Waals surface area contributed by atoms with Gasteiger partial charge >= 0.3 is 5.97 Å². The number of ether oxygens (including phenoxy) is 1. The van der Waals surface area contributed by atoms with Crippen molar-refractivity contribution in [3.8, 4) is 5.75 Å². The first kappa shape index (κ1) is 20.2. The second-order valence-corrected chi connectivity index (χ2v) is 6.81. The lowest BCUT2D eigenvalue weighted by atomic mass is 10.1. The number of rotatable bonds is 9.